The van der Waals surface area contributed by atoms with Gasteiger partial charge in [-0.25, -0.2) is 6.54 Å². The minimum atomic E-state index is -0.529. The molecule has 87 valence electrons. The second-order valence-corrected chi connectivity index (χ2v) is 3.13. The fourth-order valence-corrected chi connectivity index (χ4v) is 0.690. The number of aldehydes is 1. The summed E-state index contributed by atoms with van der Waals surface area (Å²) in [5, 5.41) is 2.30. The van der Waals surface area contributed by atoms with E-state index in [9.17, 15) is 9.59 Å². The normalized spacial score (nSPS) is 7.87. The molecule has 0 spiro atoms. The van der Waals surface area contributed by atoms with Gasteiger partial charge >= 0.3 is 0 Å². The van der Waals surface area contributed by atoms with E-state index >= 15 is 0 Å². The molecule has 2 amide bonds. The van der Waals surface area contributed by atoms with Crippen LogP contribution >= 0.6 is 11.8 Å². The topological polar surface area (TPSA) is 72.2 Å². The zero-order valence-electron chi connectivity index (χ0n) is 9.07. The van der Waals surface area contributed by atoms with Gasteiger partial charge in [-0.1, -0.05) is 13.3 Å². The molecular weight excluding hydrogens is 289 g/mol. The third-order valence-corrected chi connectivity index (χ3v) is 1.52. The van der Waals surface area contributed by atoms with Crippen molar-refractivity contribution >= 4 is 24.1 Å². The van der Waals surface area contributed by atoms with Gasteiger partial charge in [0.2, 0.25) is 0 Å². The number of urea groups is 1. The zero-order chi connectivity index (χ0) is 11.2. The van der Waals surface area contributed by atoms with Crippen molar-refractivity contribution in [2.75, 3.05) is 5.75 Å². The van der Waals surface area contributed by atoms with Crippen molar-refractivity contribution in [2.45, 2.75) is 26.2 Å². The van der Waals surface area contributed by atoms with Gasteiger partial charge in [-0.05, 0) is 6.42 Å². The Morgan fingerprint density at radius 3 is 2.53 bits per heavy atom. The van der Waals surface area contributed by atoms with Crippen molar-refractivity contribution in [1.82, 2.24) is 5.32 Å². The summed E-state index contributed by atoms with van der Waals surface area (Å²) < 4.78 is 0. The minimum Gasteiger partial charge on any atom is -0.487 e. The van der Waals surface area contributed by atoms with E-state index in [1.54, 1.807) is 6.54 Å². The van der Waals surface area contributed by atoms with Crippen LogP contribution in [0.15, 0.2) is 0 Å². The first-order valence-corrected chi connectivity index (χ1v) is 5.52. The van der Waals surface area contributed by atoms with Gasteiger partial charge in [0.1, 0.15) is 6.29 Å². The van der Waals surface area contributed by atoms with Gasteiger partial charge in [-0.2, -0.15) is 0 Å². The van der Waals surface area contributed by atoms with E-state index in [2.05, 4.69) is 18.5 Å². The SMILES string of the molecule is CCCCC=O.[CH2-]SC[CH-]NC(N)=O.[Y]. The number of amides is 2. The van der Waals surface area contributed by atoms with Crippen LogP contribution in [0.3, 0.4) is 0 Å². The average molecular weight is 307 g/mol. The molecule has 0 aliphatic heterocycles. The fraction of sp³-hybridized carbons (Fsp3) is 0.556. The molecule has 6 heteroatoms. The Morgan fingerprint density at radius 1 is 1.67 bits per heavy atom. The van der Waals surface area contributed by atoms with E-state index in [1.165, 1.54) is 11.8 Å². The number of hydrogen-bond donors (Lipinski definition) is 2. The average Bonchev–Trinajstić information content (AvgIpc) is 2.16. The van der Waals surface area contributed by atoms with Gasteiger partial charge < -0.3 is 27.6 Å². The van der Waals surface area contributed by atoms with E-state index in [-0.39, 0.29) is 32.7 Å². The molecule has 0 unspecified atom stereocenters. The van der Waals surface area contributed by atoms with Crippen LogP contribution in [0.25, 0.3) is 0 Å². The number of nitrogens with one attached hydrogen (secondary N) is 1. The largest absolute Gasteiger partial charge is 0.487 e. The van der Waals surface area contributed by atoms with Gasteiger partial charge in [-0.15, -0.1) is 5.75 Å². The third kappa shape index (κ3) is 31.4. The molecule has 0 bridgehead atoms. The summed E-state index contributed by atoms with van der Waals surface area (Å²) in [5.74, 6) is 0.683. The van der Waals surface area contributed by atoms with E-state index in [0.29, 0.717) is 5.75 Å². The number of unbranched alkanes of at least 4 members (excludes halogenated alkanes) is 2. The molecule has 3 N–H and O–H groups in total. The number of carbonyl (C=O) groups is 2. The summed E-state index contributed by atoms with van der Waals surface area (Å²) in [6.07, 6.45) is 7.34. The van der Waals surface area contributed by atoms with E-state index < -0.39 is 6.03 Å². The van der Waals surface area contributed by atoms with Crippen molar-refractivity contribution in [3.8, 4) is 0 Å². The van der Waals surface area contributed by atoms with Crippen LogP contribution in [0.5, 0.6) is 0 Å². The summed E-state index contributed by atoms with van der Waals surface area (Å²) >= 11 is 1.37. The number of hydrogen-bond acceptors (Lipinski definition) is 3. The van der Waals surface area contributed by atoms with E-state index in [0.717, 1.165) is 25.5 Å². The molecule has 1 radical (unpaired) electrons. The Morgan fingerprint density at radius 2 is 2.27 bits per heavy atom. The molecule has 4 nitrogen and oxygen atoms in total. The van der Waals surface area contributed by atoms with Crippen molar-refractivity contribution in [3.05, 3.63) is 12.8 Å². The smallest absolute Gasteiger partial charge is 0.282 e. The monoisotopic (exact) mass is 307 g/mol. The predicted molar refractivity (Wildman–Crippen MR) is 60.4 cm³/mol. The van der Waals surface area contributed by atoms with Crippen molar-refractivity contribution in [3.63, 3.8) is 0 Å². The number of rotatable bonds is 6. The maximum Gasteiger partial charge on any atom is 0.282 e. The molecule has 0 rings (SSSR count). The van der Waals surface area contributed by atoms with Gasteiger partial charge in [0.05, 0.1) is 0 Å². The van der Waals surface area contributed by atoms with Gasteiger partial charge in [0.15, 0.2) is 0 Å². The van der Waals surface area contributed by atoms with Gasteiger partial charge in [0.25, 0.3) is 6.03 Å². The Balaban J connectivity index is -0.000000187. The summed E-state index contributed by atoms with van der Waals surface area (Å²) in [7, 11) is 0. The molecule has 0 atom stereocenters. The Kier molecular flexibility index (Phi) is 27.5. The molecule has 0 saturated heterocycles. The zero-order valence-corrected chi connectivity index (χ0v) is 12.7. The van der Waals surface area contributed by atoms with E-state index in [4.69, 9.17) is 5.73 Å². The summed E-state index contributed by atoms with van der Waals surface area (Å²) in [6, 6.07) is -0.529. The molecule has 0 fully saturated rings. The first-order chi connectivity index (χ1) is 6.68. The van der Waals surface area contributed by atoms with E-state index in [1.807, 2.05) is 0 Å². The first kappa shape index (κ1) is 20.8. The molecule has 0 aliphatic rings. The van der Waals surface area contributed by atoms with Crippen LogP contribution in [0.1, 0.15) is 26.2 Å². The number of carbonyl (C=O) groups excluding carboxylic acids is 2. The summed E-state index contributed by atoms with van der Waals surface area (Å²) in [5.41, 5.74) is 4.72. The van der Waals surface area contributed by atoms with Crippen LogP contribution in [-0.2, 0) is 37.5 Å². The molecule has 0 aromatic heterocycles. The van der Waals surface area contributed by atoms with Crippen molar-refractivity contribution in [1.29, 1.82) is 0 Å². The summed E-state index contributed by atoms with van der Waals surface area (Å²) in [4.78, 5) is 19.5. The second kappa shape index (κ2) is 19.9. The van der Waals surface area contributed by atoms with Gasteiger partial charge in [0, 0.05) is 39.1 Å². The molecule has 0 aromatic rings. The molecule has 15 heavy (non-hydrogen) atoms. The van der Waals surface area contributed by atoms with Crippen molar-refractivity contribution in [2.24, 2.45) is 5.73 Å². The Bertz CT molecular complexity index is 148. The van der Waals surface area contributed by atoms with Crippen LogP contribution < -0.4 is 11.1 Å². The molecule has 0 aliphatic carbocycles. The van der Waals surface area contributed by atoms with Crippen LogP contribution in [0, 0.1) is 12.8 Å². The molecular formula is C9H18N2O2SY-2. The quantitative estimate of drug-likeness (QED) is 0.446. The Hall–Kier alpha value is 0.394. The Labute approximate surface area is 121 Å². The summed E-state index contributed by atoms with van der Waals surface area (Å²) in [6.45, 7) is 3.63. The fourth-order valence-electron chi connectivity index (χ4n) is 0.489. The van der Waals surface area contributed by atoms with Gasteiger partial charge in [-0.3, -0.25) is 11.1 Å². The molecule has 0 saturated carbocycles. The minimum absolute atomic E-state index is 0. The molecule has 0 aromatic carbocycles. The second-order valence-electron chi connectivity index (χ2n) is 2.39. The maximum atomic E-state index is 9.92. The molecule has 0 heterocycles. The van der Waals surface area contributed by atoms with Crippen LogP contribution in [-0.4, -0.2) is 18.1 Å². The van der Waals surface area contributed by atoms with Crippen LogP contribution in [0.2, 0.25) is 0 Å². The standard InChI is InChI=1S/C5H10O.C4H8N2OS.Y/c1-2-3-4-5-6;1-8-3-2-6-4(5)7;/h5H,2-4H2,1H3;2H,1,3H2,(H3,5,6,7);/q;-2;. The number of thioether (sulfide) groups is 1. The first-order valence-electron chi connectivity index (χ1n) is 4.37. The predicted octanol–water partition coefficient (Wildman–Crippen LogP) is 1.71. The number of primary amides is 1. The van der Waals surface area contributed by atoms with Crippen LogP contribution in [0.4, 0.5) is 4.79 Å². The number of nitrogens with two attached hydrogens (primary N) is 1. The van der Waals surface area contributed by atoms with Crippen molar-refractivity contribution < 1.29 is 42.3 Å². The maximum absolute atomic E-state index is 9.92. The third-order valence-electron chi connectivity index (χ3n) is 1.12.